The molecular formula is C32H30ClFN6. The Labute approximate surface area is 237 Å². The van der Waals surface area contributed by atoms with Gasteiger partial charge in [0.25, 0.3) is 0 Å². The van der Waals surface area contributed by atoms with Crippen molar-refractivity contribution in [2.45, 2.75) is 39.0 Å². The molecule has 2 atom stereocenters. The molecule has 2 bridgehead atoms. The summed E-state index contributed by atoms with van der Waals surface area (Å²) in [5.41, 5.74) is 3.15. The minimum Gasteiger partial charge on any atom is -0.292 e. The second-order valence-electron chi connectivity index (χ2n) is 11.2. The van der Waals surface area contributed by atoms with E-state index in [9.17, 15) is 0 Å². The molecule has 0 spiro atoms. The van der Waals surface area contributed by atoms with Crippen molar-refractivity contribution in [1.82, 2.24) is 25.1 Å². The summed E-state index contributed by atoms with van der Waals surface area (Å²) in [7, 11) is 0. The zero-order chi connectivity index (χ0) is 27.2. The highest BCUT2D eigenvalue weighted by Gasteiger charge is 2.42. The quantitative estimate of drug-likeness (QED) is 0.229. The van der Waals surface area contributed by atoms with Gasteiger partial charge in [-0.15, -0.1) is 0 Å². The topological polar surface area (TPSA) is 70.6 Å². The summed E-state index contributed by atoms with van der Waals surface area (Å²) in [6.45, 7) is 2.35. The van der Waals surface area contributed by atoms with E-state index in [-0.39, 0.29) is 11.6 Å². The zero-order valence-electron chi connectivity index (χ0n) is 22.3. The molecule has 8 heteroatoms. The maximum absolute atomic E-state index is 16.8. The van der Waals surface area contributed by atoms with Gasteiger partial charge in [-0.3, -0.25) is 10.00 Å². The number of benzene rings is 2. The first-order chi connectivity index (χ1) is 19.6. The van der Waals surface area contributed by atoms with Crippen molar-refractivity contribution in [3.63, 3.8) is 0 Å². The van der Waals surface area contributed by atoms with Gasteiger partial charge < -0.3 is 0 Å². The SMILES string of the molecule is C[C@H]1C2CCC(CC2)[C@@H]1Cc1nc(-c2[nH]nc3ncc(Cl)cc23)nc(N(c2ccccc2)c2ccccc2)c1F. The van der Waals surface area contributed by atoms with Crippen LogP contribution in [0.3, 0.4) is 0 Å². The Hall–Kier alpha value is -3.84. The minimum atomic E-state index is -0.384. The predicted molar refractivity (Wildman–Crippen MR) is 156 cm³/mol. The average molecular weight is 553 g/mol. The Kier molecular flexibility index (Phi) is 6.47. The number of nitrogens with zero attached hydrogens (tertiary/aromatic N) is 5. The van der Waals surface area contributed by atoms with Crippen molar-refractivity contribution in [2.24, 2.45) is 23.7 Å². The first kappa shape index (κ1) is 25.1. The molecule has 0 radical (unpaired) electrons. The van der Waals surface area contributed by atoms with Crippen LogP contribution >= 0.6 is 11.6 Å². The molecule has 0 saturated heterocycles. The molecule has 6 nitrogen and oxygen atoms in total. The molecule has 5 aromatic rings. The van der Waals surface area contributed by atoms with Gasteiger partial charge in [0.2, 0.25) is 0 Å². The van der Waals surface area contributed by atoms with E-state index in [0.29, 0.717) is 63.4 Å². The fourth-order valence-electron chi connectivity index (χ4n) is 6.92. The monoisotopic (exact) mass is 552 g/mol. The van der Waals surface area contributed by atoms with Gasteiger partial charge in [-0.25, -0.2) is 19.3 Å². The molecule has 8 rings (SSSR count). The molecular weight excluding hydrogens is 523 g/mol. The molecule has 3 fully saturated rings. The predicted octanol–water partition coefficient (Wildman–Crippen LogP) is 8.29. The summed E-state index contributed by atoms with van der Waals surface area (Å²) < 4.78 is 16.8. The average Bonchev–Trinajstić information content (AvgIpc) is 3.41. The summed E-state index contributed by atoms with van der Waals surface area (Å²) in [6.07, 6.45) is 7.16. The second kappa shape index (κ2) is 10.3. The van der Waals surface area contributed by atoms with Crippen molar-refractivity contribution in [3.8, 4) is 11.5 Å². The zero-order valence-corrected chi connectivity index (χ0v) is 23.0. The van der Waals surface area contributed by atoms with Crippen LogP contribution in [0.2, 0.25) is 5.02 Å². The van der Waals surface area contributed by atoms with Gasteiger partial charge in [0.1, 0.15) is 5.69 Å². The van der Waals surface area contributed by atoms with Gasteiger partial charge in [0, 0.05) is 17.6 Å². The highest BCUT2D eigenvalue weighted by Crippen LogP contribution is 2.50. The van der Waals surface area contributed by atoms with Gasteiger partial charge >= 0.3 is 0 Å². The maximum Gasteiger partial charge on any atom is 0.187 e. The molecule has 0 amide bonds. The first-order valence-corrected chi connectivity index (χ1v) is 14.4. The van der Waals surface area contributed by atoms with Gasteiger partial charge in [0.05, 0.1) is 16.1 Å². The van der Waals surface area contributed by atoms with Crippen molar-refractivity contribution in [1.29, 1.82) is 0 Å². The van der Waals surface area contributed by atoms with E-state index in [1.165, 1.54) is 25.7 Å². The third kappa shape index (κ3) is 4.42. The van der Waals surface area contributed by atoms with Crippen LogP contribution in [0.1, 0.15) is 38.3 Å². The van der Waals surface area contributed by atoms with Crippen LogP contribution in [0, 0.1) is 29.5 Å². The van der Waals surface area contributed by atoms with Gasteiger partial charge in [-0.05, 0) is 86.1 Å². The van der Waals surface area contributed by atoms with E-state index in [4.69, 9.17) is 21.6 Å². The second-order valence-corrected chi connectivity index (χ2v) is 11.6. The lowest BCUT2D eigenvalue weighted by Crippen LogP contribution is -2.39. The molecule has 3 aliphatic carbocycles. The lowest BCUT2D eigenvalue weighted by atomic mass is 9.58. The molecule has 0 unspecified atom stereocenters. The van der Waals surface area contributed by atoms with E-state index >= 15 is 4.39 Å². The van der Waals surface area contributed by atoms with Crippen LogP contribution in [0.5, 0.6) is 0 Å². The number of halogens is 2. The number of aromatic amines is 1. The highest BCUT2D eigenvalue weighted by atomic mass is 35.5. The van der Waals surface area contributed by atoms with Crippen LogP contribution in [0.15, 0.2) is 72.9 Å². The summed E-state index contributed by atoms with van der Waals surface area (Å²) in [4.78, 5) is 15.9. The highest BCUT2D eigenvalue weighted by molar-refractivity contribution is 6.31. The van der Waals surface area contributed by atoms with Crippen LogP contribution in [0.25, 0.3) is 22.6 Å². The number of pyridine rings is 1. The van der Waals surface area contributed by atoms with Crippen LogP contribution in [-0.2, 0) is 6.42 Å². The number of fused-ring (bicyclic) bond motifs is 4. The van der Waals surface area contributed by atoms with Crippen molar-refractivity contribution < 1.29 is 4.39 Å². The Morgan fingerprint density at radius 1 is 0.925 bits per heavy atom. The van der Waals surface area contributed by atoms with Crippen LogP contribution in [0.4, 0.5) is 21.6 Å². The summed E-state index contributed by atoms with van der Waals surface area (Å²) in [5, 5.41) is 8.59. The summed E-state index contributed by atoms with van der Waals surface area (Å²) in [5.74, 6) is 2.47. The number of rotatable bonds is 6. The van der Waals surface area contributed by atoms with E-state index in [2.05, 4.69) is 22.1 Å². The number of hydrogen-bond acceptors (Lipinski definition) is 5. The lowest BCUT2D eigenvalue weighted by Gasteiger charge is -2.47. The van der Waals surface area contributed by atoms with E-state index in [0.717, 1.165) is 11.4 Å². The number of anilines is 3. The Balaban J connectivity index is 1.43. The largest absolute Gasteiger partial charge is 0.292 e. The fraction of sp³-hybridized carbons (Fsp3) is 0.312. The van der Waals surface area contributed by atoms with Gasteiger partial charge in [-0.2, -0.15) is 5.10 Å². The Bertz CT molecular complexity index is 1610. The van der Waals surface area contributed by atoms with Crippen molar-refractivity contribution in [2.75, 3.05) is 4.90 Å². The van der Waals surface area contributed by atoms with E-state index < -0.39 is 0 Å². The molecule has 3 aromatic heterocycles. The molecule has 202 valence electrons. The van der Waals surface area contributed by atoms with Crippen molar-refractivity contribution >= 4 is 39.8 Å². The standard InChI is InChI=1S/C32H30ClFN6/c1-19-20-12-14-21(15-13-20)25(19)17-27-28(34)32(40(23-8-4-2-5-9-23)24-10-6-3-7-11-24)37-31(36-27)29-26-16-22(33)18-35-30(26)39-38-29/h2-11,16,18-21,25H,12-15,17H2,1H3,(H,35,38,39)/t19-,20?,21?,25+/m0/s1. The number of hydrogen-bond donors (Lipinski definition) is 1. The van der Waals surface area contributed by atoms with Crippen LogP contribution < -0.4 is 4.90 Å². The summed E-state index contributed by atoms with van der Waals surface area (Å²) in [6, 6.07) is 21.3. The molecule has 3 saturated carbocycles. The van der Waals surface area contributed by atoms with E-state index in [1.54, 1.807) is 12.3 Å². The van der Waals surface area contributed by atoms with E-state index in [1.807, 2.05) is 65.6 Å². The molecule has 3 aliphatic rings. The Morgan fingerprint density at radius 3 is 2.23 bits per heavy atom. The van der Waals surface area contributed by atoms with Crippen LogP contribution in [-0.4, -0.2) is 25.1 Å². The summed E-state index contributed by atoms with van der Waals surface area (Å²) >= 11 is 6.30. The third-order valence-electron chi connectivity index (χ3n) is 9.01. The lowest BCUT2D eigenvalue weighted by molar-refractivity contribution is 0.0334. The number of aromatic nitrogens is 5. The maximum atomic E-state index is 16.8. The molecule has 40 heavy (non-hydrogen) atoms. The first-order valence-electron chi connectivity index (χ1n) is 14.0. The smallest absolute Gasteiger partial charge is 0.187 e. The normalized spacial score (nSPS) is 22.1. The number of H-pyrrole nitrogens is 1. The van der Waals surface area contributed by atoms with Gasteiger partial charge in [0.15, 0.2) is 23.1 Å². The molecule has 0 aliphatic heterocycles. The molecule has 3 heterocycles. The number of nitrogens with one attached hydrogen (secondary N) is 1. The molecule has 1 N–H and O–H groups in total. The third-order valence-corrected chi connectivity index (χ3v) is 9.22. The minimum absolute atomic E-state index is 0.212. The van der Waals surface area contributed by atoms with Crippen molar-refractivity contribution in [3.05, 3.63) is 89.5 Å². The number of para-hydroxylation sites is 2. The fourth-order valence-corrected chi connectivity index (χ4v) is 7.08. The van der Waals surface area contributed by atoms with Gasteiger partial charge in [-0.1, -0.05) is 54.9 Å². The Morgan fingerprint density at radius 2 is 1.57 bits per heavy atom. The molecule has 2 aromatic carbocycles.